The summed E-state index contributed by atoms with van der Waals surface area (Å²) in [6, 6.07) is 0.392. The fourth-order valence-corrected chi connectivity index (χ4v) is 3.15. The highest BCUT2D eigenvalue weighted by molar-refractivity contribution is 5.85. The molecule has 1 saturated carbocycles. The largest absolute Gasteiger partial charge is 0.341 e. The molecule has 1 heterocycles. The van der Waals surface area contributed by atoms with Crippen LogP contribution in [0.25, 0.3) is 0 Å². The van der Waals surface area contributed by atoms with Gasteiger partial charge in [0.05, 0.1) is 6.54 Å². The maximum absolute atomic E-state index is 12.3. The number of hydrogen-bond acceptors (Lipinski definition) is 2. The minimum atomic E-state index is 0.113. The molecular formula is C15H26N2O2. The summed E-state index contributed by atoms with van der Waals surface area (Å²) in [5.41, 5.74) is 0. The standard InChI is InChI=1S/C15H26N2O2/c1-16(13-8-4-2-5-9-13)15(19)12-17-11-7-3-6-10-14(17)18/h13H,2-12H2,1H3. The van der Waals surface area contributed by atoms with E-state index in [9.17, 15) is 9.59 Å². The Balaban J connectivity index is 1.86. The first-order chi connectivity index (χ1) is 9.18. The van der Waals surface area contributed by atoms with Gasteiger partial charge in [0.25, 0.3) is 0 Å². The Labute approximate surface area is 116 Å². The zero-order valence-electron chi connectivity index (χ0n) is 12.1. The van der Waals surface area contributed by atoms with Gasteiger partial charge in [-0.25, -0.2) is 0 Å². The molecule has 0 spiro atoms. The van der Waals surface area contributed by atoms with E-state index in [0.717, 1.165) is 38.6 Å². The van der Waals surface area contributed by atoms with Crippen LogP contribution in [0.5, 0.6) is 0 Å². The van der Waals surface area contributed by atoms with Crippen molar-refractivity contribution in [2.24, 2.45) is 0 Å². The van der Waals surface area contributed by atoms with Gasteiger partial charge in [0.15, 0.2) is 0 Å². The first kappa shape index (κ1) is 14.4. The average Bonchev–Trinajstić information content (AvgIpc) is 2.64. The van der Waals surface area contributed by atoms with Crippen LogP contribution in [0.4, 0.5) is 0 Å². The number of likely N-dealkylation sites (tertiary alicyclic amines) is 1. The molecule has 0 unspecified atom stereocenters. The summed E-state index contributed by atoms with van der Waals surface area (Å²) in [6.07, 6.45) is 9.72. The molecule has 0 N–H and O–H groups in total. The van der Waals surface area contributed by atoms with Crippen LogP contribution in [0, 0.1) is 0 Å². The van der Waals surface area contributed by atoms with E-state index in [4.69, 9.17) is 0 Å². The summed E-state index contributed by atoms with van der Waals surface area (Å²) in [6.45, 7) is 1.04. The molecule has 4 nitrogen and oxygen atoms in total. The van der Waals surface area contributed by atoms with Gasteiger partial charge in [0.2, 0.25) is 11.8 Å². The Hall–Kier alpha value is -1.06. The van der Waals surface area contributed by atoms with Crippen LogP contribution in [-0.4, -0.2) is 47.8 Å². The molecule has 2 aliphatic rings. The van der Waals surface area contributed by atoms with Crippen LogP contribution in [0.15, 0.2) is 0 Å². The second kappa shape index (κ2) is 6.92. The third kappa shape index (κ3) is 3.95. The number of hydrogen-bond donors (Lipinski definition) is 0. The number of carbonyl (C=O) groups is 2. The molecule has 19 heavy (non-hydrogen) atoms. The van der Waals surface area contributed by atoms with Crippen LogP contribution in [0.1, 0.15) is 57.8 Å². The van der Waals surface area contributed by atoms with Gasteiger partial charge in [0.1, 0.15) is 0 Å². The summed E-state index contributed by atoms with van der Waals surface area (Å²) in [4.78, 5) is 27.8. The van der Waals surface area contributed by atoms with Crippen molar-refractivity contribution in [1.82, 2.24) is 9.80 Å². The second-order valence-corrected chi connectivity index (χ2v) is 5.92. The van der Waals surface area contributed by atoms with Crippen LogP contribution in [-0.2, 0) is 9.59 Å². The van der Waals surface area contributed by atoms with Crippen molar-refractivity contribution in [2.75, 3.05) is 20.1 Å². The third-order valence-electron chi connectivity index (χ3n) is 4.51. The molecule has 1 aliphatic carbocycles. The Kier molecular flexibility index (Phi) is 5.23. The van der Waals surface area contributed by atoms with E-state index >= 15 is 0 Å². The maximum Gasteiger partial charge on any atom is 0.242 e. The predicted octanol–water partition coefficient (Wildman–Crippen LogP) is 2.18. The lowest BCUT2D eigenvalue weighted by molar-refractivity contribution is -0.141. The number of amides is 2. The number of carbonyl (C=O) groups excluding carboxylic acids is 2. The van der Waals surface area contributed by atoms with Crippen LogP contribution in [0.2, 0.25) is 0 Å². The second-order valence-electron chi connectivity index (χ2n) is 5.92. The van der Waals surface area contributed by atoms with Crippen LogP contribution >= 0.6 is 0 Å². The molecule has 1 aliphatic heterocycles. The molecule has 0 aromatic carbocycles. The monoisotopic (exact) mass is 266 g/mol. The highest BCUT2D eigenvalue weighted by Crippen LogP contribution is 2.22. The van der Waals surface area contributed by atoms with E-state index < -0.39 is 0 Å². The molecule has 108 valence electrons. The van der Waals surface area contributed by atoms with Gasteiger partial charge in [0, 0.05) is 26.1 Å². The van der Waals surface area contributed by atoms with Crippen molar-refractivity contribution in [3.8, 4) is 0 Å². The van der Waals surface area contributed by atoms with E-state index in [0.29, 0.717) is 12.5 Å². The van der Waals surface area contributed by atoms with E-state index in [1.54, 1.807) is 4.90 Å². The molecule has 2 amide bonds. The van der Waals surface area contributed by atoms with Gasteiger partial charge in [-0.2, -0.15) is 0 Å². The van der Waals surface area contributed by atoms with Crippen LogP contribution in [0.3, 0.4) is 0 Å². The fourth-order valence-electron chi connectivity index (χ4n) is 3.15. The smallest absolute Gasteiger partial charge is 0.242 e. The molecule has 2 rings (SSSR count). The molecule has 4 heteroatoms. The van der Waals surface area contributed by atoms with Gasteiger partial charge in [-0.05, 0) is 25.7 Å². The minimum Gasteiger partial charge on any atom is -0.341 e. The molecule has 1 saturated heterocycles. The average molecular weight is 266 g/mol. The lowest BCUT2D eigenvalue weighted by Gasteiger charge is -2.33. The number of likely N-dealkylation sites (N-methyl/N-ethyl adjacent to an activating group) is 1. The first-order valence-corrected chi connectivity index (χ1v) is 7.72. The lowest BCUT2D eigenvalue weighted by Crippen LogP contribution is -2.45. The number of nitrogens with zero attached hydrogens (tertiary/aromatic N) is 2. The van der Waals surface area contributed by atoms with E-state index in [2.05, 4.69) is 0 Å². The van der Waals surface area contributed by atoms with E-state index in [-0.39, 0.29) is 18.4 Å². The van der Waals surface area contributed by atoms with Gasteiger partial charge in [-0.15, -0.1) is 0 Å². The van der Waals surface area contributed by atoms with Gasteiger partial charge < -0.3 is 9.80 Å². The van der Waals surface area contributed by atoms with E-state index in [1.807, 2.05) is 11.9 Å². The zero-order chi connectivity index (χ0) is 13.7. The molecule has 0 aromatic heterocycles. The third-order valence-corrected chi connectivity index (χ3v) is 4.51. The first-order valence-electron chi connectivity index (χ1n) is 7.72. The summed E-state index contributed by atoms with van der Waals surface area (Å²) in [5.74, 6) is 0.269. The fraction of sp³-hybridized carbons (Fsp3) is 0.867. The Morgan fingerprint density at radius 2 is 1.84 bits per heavy atom. The van der Waals surface area contributed by atoms with Crippen molar-refractivity contribution >= 4 is 11.8 Å². The van der Waals surface area contributed by atoms with Gasteiger partial charge in [-0.3, -0.25) is 9.59 Å². The molecule has 2 fully saturated rings. The highest BCUT2D eigenvalue weighted by Gasteiger charge is 2.25. The zero-order valence-corrected chi connectivity index (χ0v) is 12.1. The molecule has 0 aromatic rings. The summed E-state index contributed by atoms with van der Waals surface area (Å²) >= 11 is 0. The summed E-state index contributed by atoms with van der Waals surface area (Å²) in [7, 11) is 1.90. The van der Waals surface area contributed by atoms with Crippen molar-refractivity contribution < 1.29 is 9.59 Å². The summed E-state index contributed by atoms with van der Waals surface area (Å²) < 4.78 is 0. The molecule has 0 radical (unpaired) electrons. The highest BCUT2D eigenvalue weighted by atomic mass is 16.2. The normalized spacial score (nSPS) is 22.2. The van der Waals surface area contributed by atoms with Crippen molar-refractivity contribution in [3.63, 3.8) is 0 Å². The Morgan fingerprint density at radius 3 is 2.58 bits per heavy atom. The molecule has 0 atom stereocenters. The van der Waals surface area contributed by atoms with Crippen LogP contribution < -0.4 is 0 Å². The molecular weight excluding hydrogens is 240 g/mol. The SMILES string of the molecule is CN(C(=O)CN1CCCCCC1=O)C1CCCCC1. The lowest BCUT2D eigenvalue weighted by atomic mass is 9.94. The quantitative estimate of drug-likeness (QED) is 0.785. The predicted molar refractivity (Wildman–Crippen MR) is 74.7 cm³/mol. The maximum atomic E-state index is 12.3. The minimum absolute atomic E-state index is 0.113. The van der Waals surface area contributed by atoms with Crippen molar-refractivity contribution in [1.29, 1.82) is 0 Å². The Morgan fingerprint density at radius 1 is 1.16 bits per heavy atom. The van der Waals surface area contributed by atoms with E-state index in [1.165, 1.54) is 19.3 Å². The summed E-state index contributed by atoms with van der Waals surface area (Å²) in [5, 5.41) is 0. The van der Waals surface area contributed by atoms with Gasteiger partial charge in [-0.1, -0.05) is 25.7 Å². The number of rotatable bonds is 3. The van der Waals surface area contributed by atoms with Crippen molar-refractivity contribution in [2.45, 2.75) is 63.8 Å². The Bertz CT molecular complexity index is 324. The topological polar surface area (TPSA) is 40.6 Å². The van der Waals surface area contributed by atoms with Crippen molar-refractivity contribution in [3.05, 3.63) is 0 Å². The molecule has 0 bridgehead atoms. The van der Waals surface area contributed by atoms with Gasteiger partial charge >= 0.3 is 0 Å².